The fourth-order valence-corrected chi connectivity index (χ4v) is 10.6. The fraction of sp³-hybridized carbons (Fsp3) is 0.667. The van der Waals surface area contributed by atoms with Gasteiger partial charge in [-0.3, -0.25) is 9.58 Å². The van der Waals surface area contributed by atoms with Gasteiger partial charge in [0.25, 0.3) is 12.3 Å². The standard InChI is InChI=1S/C30H44F2N7O4S2Si/c1-29(2,40)20-7-11-38(12-8-20)17-19-15-21(16-22-23(36-37(3)24(19)22)26-34-35-27(44-26)25(31)32)45(41,42)39(28(33)30(39)9-10-30)18-43-13-14-46(4,5)6/h15-16,20,25,33,40H,7-14,17-18H2,1-6H3/q+1. The molecule has 252 valence electrons. The molecule has 1 spiro atoms. The second-order valence-electron chi connectivity index (χ2n) is 14.8. The fourth-order valence-electron chi connectivity index (χ4n) is 6.92. The second-order valence-corrected chi connectivity index (χ2v) is 23.5. The van der Waals surface area contributed by atoms with Crippen LogP contribution >= 0.6 is 11.3 Å². The molecule has 11 nitrogen and oxygen atoms in total. The summed E-state index contributed by atoms with van der Waals surface area (Å²) in [6, 6.07) is 4.14. The molecule has 1 unspecified atom stereocenters. The van der Waals surface area contributed by atoms with Crippen LogP contribution in [0.5, 0.6) is 0 Å². The summed E-state index contributed by atoms with van der Waals surface area (Å²) in [7, 11) is -3.83. The van der Waals surface area contributed by atoms with Crippen LogP contribution in [0, 0.1) is 11.3 Å². The highest BCUT2D eigenvalue weighted by molar-refractivity contribution is 7.86. The first kappa shape index (κ1) is 33.7. The molecular formula is C30H44F2N7O4S2Si+. The largest absolute Gasteiger partial charge is 0.390 e. The van der Waals surface area contributed by atoms with Crippen molar-refractivity contribution in [3.63, 3.8) is 0 Å². The van der Waals surface area contributed by atoms with Crippen LogP contribution in [0.25, 0.3) is 21.6 Å². The molecule has 0 radical (unpaired) electrons. The van der Waals surface area contributed by atoms with Gasteiger partial charge in [-0.25, -0.2) is 14.2 Å². The van der Waals surface area contributed by atoms with Crippen molar-refractivity contribution in [2.45, 2.75) is 94.2 Å². The number of amidine groups is 1. The van der Waals surface area contributed by atoms with Gasteiger partial charge in [0.05, 0.1) is 17.7 Å². The maximum atomic E-state index is 14.7. The van der Waals surface area contributed by atoms with Crippen molar-refractivity contribution in [2.24, 2.45) is 13.0 Å². The molecule has 3 aliphatic rings. The van der Waals surface area contributed by atoms with Crippen molar-refractivity contribution in [1.29, 1.82) is 5.41 Å². The van der Waals surface area contributed by atoms with Gasteiger partial charge in [-0.1, -0.05) is 31.0 Å². The number of halogens is 2. The number of rotatable bonds is 12. The van der Waals surface area contributed by atoms with E-state index < -0.39 is 44.6 Å². The van der Waals surface area contributed by atoms with Crippen molar-refractivity contribution < 1.29 is 30.9 Å². The molecule has 2 aliphatic heterocycles. The summed E-state index contributed by atoms with van der Waals surface area (Å²) in [4.78, 5) is 2.29. The number of hydrogen-bond acceptors (Lipinski definition) is 10. The van der Waals surface area contributed by atoms with Crippen LogP contribution in [0.2, 0.25) is 25.7 Å². The maximum Gasteiger partial charge on any atom is 0.336 e. The Balaban J connectivity index is 1.42. The summed E-state index contributed by atoms with van der Waals surface area (Å²) in [6.45, 7) is 12.6. The lowest BCUT2D eigenvalue weighted by atomic mass is 9.83. The Morgan fingerprint density at radius 3 is 2.43 bits per heavy atom. The van der Waals surface area contributed by atoms with Gasteiger partial charge in [0.2, 0.25) is 12.3 Å². The van der Waals surface area contributed by atoms with Crippen molar-refractivity contribution in [3.05, 3.63) is 22.7 Å². The first-order chi connectivity index (χ1) is 21.4. The van der Waals surface area contributed by atoms with Gasteiger partial charge >= 0.3 is 10.0 Å². The van der Waals surface area contributed by atoms with Crippen LogP contribution in [-0.2, 0) is 28.4 Å². The Labute approximate surface area is 273 Å². The molecule has 1 atom stereocenters. The normalized spacial score (nSPS) is 22.4. The lowest BCUT2D eigenvalue weighted by Gasteiger charge is -2.37. The number of fused-ring (bicyclic) bond motifs is 1. The van der Waals surface area contributed by atoms with Gasteiger partial charge in [-0.15, -0.1) is 14.1 Å². The molecule has 2 saturated heterocycles. The Morgan fingerprint density at radius 2 is 1.89 bits per heavy atom. The number of sulfonamides is 1. The van der Waals surface area contributed by atoms with Crippen LogP contribution in [-0.4, -0.2) is 93.8 Å². The molecule has 0 amide bonds. The first-order valence-electron chi connectivity index (χ1n) is 15.8. The molecule has 2 aromatic heterocycles. The third kappa shape index (κ3) is 5.66. The number of benzene rings is 1. The zero-order valence-corrected chi connectivity index (χ0v) is 29.9. The van der Waals surface area contributed by atoms with Gasteiger partial charge in [0, 0.05) is 39.9 Å². The molecule has 1 aliphatic carbocycles. The van der Waals surface area contributed by atoms with Crippen LogP contribution < -0.4 is 0 Å². The van der Waals surface area contributed by atoms with Crippen LogP contribution in [0.1, 0.15) is 56.5 Å². The van der Waals surface area contributed by atoms with E-state index in [9.17, 15) is 22.3 Å². The van der Waals surface area contributed by atoms with E-state index in [4.69, 9.17) is 10.1 Å². The van der Waals surface area contributed by atoms with Gasteiger partial charge in [0.1, 0.15) is 10.6 Å². The third-order valence-corrected chi connectivity index (χ3v) is 14.9. The Morgan fingerprint density at radius 1 is 1.22 bits per heavy atom. The summed E-state index contributed by atoms with van der Waals surface area (Å²) < 4.78 is 63.5. The minimum absolute atomic E-state index is 0.0524. The molecule has 6 rings (SSSR count). The first-order valence-corrected chi connectivity index (χ1v) is 21.7. The number of aliphatic hydroxyl groups is 1. The second kappa shape index (κ2) is 11.4. The van der Waals surface area contributed by atoms with Gasteiger partial charge < -0.3 is 9.84 Å². The topological polar surface area (TPSA) is 134 Å². The molecular weight excluding hydrogens is 653 g/mol. The van der Waals surface area contributed by atoms with E-state index >= 15 is 0 Å². The van der Waals surface area contributed by atoms with E-state index in [-0.39, 0.29) is 28.4 Å². The van der Waals surface area contributed by atoms with Crippen LogP contribution in [0.3, 0.4) is 0 Å². The number of ether oxygens (including phenoxy) is 1. The van der Waals surface area contributed by atoms with Crippen molar-refractivity contribution in [3.8, 4) is 10.7 Å². The Hall–Kier alpha value is -2.21. The molecule has 3 aromatic rings. The highest BCUT2D eigenvalue weighted by Crippen LogP contribution is 2.65. The number of piperidine rings is 1. The number of aromatic nitrogens is 4. The average molecular weight is 697 g/mol. The van der Waals surface area contributed by atoms with Gasteiger partial charge in [0.15, 0.2) is 10.0 Å². The Bertz CT molecular complexity index is 1770. The highest BCUT2D eigenvalue weighted by Gasteiger charge is 2.90. The quantitative estimate of drug-likeness (QED) is 0.112. The molecule has 1 aromatic carbocycles. The van der Waals surface area contributed by atoms with E-state index in [1.807, 2.05) is 13.8 Å². The van der Waals surface area contributed by atoms with Gasteiger partial charge in [-0.05, 0) is 69.4 Å². The molecule has 4 heterocycles. The smallest absolute Gasteiger partial charge is 0.336 e. The lowest BCUT2D eigenvalue weighted by molar-refractivity contribution is -0.673. The van der Waals surface area contributed by atoms with E-state index in [1.165, 1.54) is 0 Å². The molecule has 16 heteroatoms. The third-order valence-electron chi connectivity index (χ3n) is 9.95. The SMILES string of the molecule is Cn1nc(-c2nnc(C(F)F)s2)c2cc(S(=O)(=O)[N+]3(COCC[Si](C)(C)C)C(=N)C34CC4)cc(CN3CCC(C(C)(C)O)CC3)c21. The molecule has 2 N–H and O–H groups in total. The number of nitrogens with zero attached hydrogens (tertiary/aromatic N) is 6. The summed E-state index contributed by atoms with van der Waals surface area (Å²) >= 11 is 0.737. The van der Waals surface area contributed by atoms with Crippen molar-refractivity contribution >= 4 is 46.2 Å². The summed E-state index contributed by atoms with van der Waals surface area (Å²) in [5, 5.41) is 31.9. The number of hydrogen-bond donors (Lipinski definition) is 2. The highest BCUT2D eigenvalue weighted by atomic mass is 32.2. The summed E-state index contributed by atoms with van der Waals surface area (Å²) in [5.74, 6) is 0.321. The van der Waals surface area contributed by atoms with E-state index in [2.05, 4.69) is 39.8 Å². The van der Waals surface area contributed by atoms with Gasteiger partial charge in [-0.2, -0.15) is 13.5 Å². The predicted octanol–water partition coefficient (Wildman–Crippen LogP) is 5.35. The zero-order chi connectivity index (χ0) is 33.4. The molecule has 3 fully saturated rings. The number of quaternary nitrogens is 1. The molecule has 1 saturated carbocycles. The number of aryl methyl sites for hydroxylation is 1. The number of nitrogens with one attached hydrogen (secondary N) is 1. The summed E-state index contributed by atoms with van der Waals surface area (Å²) in [6.07, 6.45) is 0.0571. The number of likely N-dealkylation sites (tertiary alicyclic amines) is 1. The van der Waals surface area contributed by atoms with Crippen molar-refractivity contribution in [2.75, 3.05) is 26.4 Å². The predicted molar refractivity (Wildman–Crippen MR) is 175 cm³/mol. The minimum atomic E-state index is -4.16. The van der Waals surface area contributed by atoms with Crippen LogP contribution in [0.15, 0.2) is 17.0 Å². The van der Waals surface area contributed by atoms with Crippen molar-refractivity contribution in [1.82, 2.24) is 24.9 Å². The summed E-state index contributed by atoms with van der Waals surface area (Å²) in [5.41, 5.74) is 0.191. The molecule has 46 heavy (non-hydrogen) atoms. The van der Waals surface area contributed by atoms with Crippen LogP contribution in [0.4, 0.5) is 8.78 Å². The monoisotopic (exact) mass is 696 g/mol. The number of alkyl halides is 2. The maximum absolute atomic E-state index is 14.7. The Kier molecular flexibility index (Phi) is 8.38. The lowest BCUT2D eigenvalue weighted by Crippen LogP contribution is -2.41. The van der Waals surface area contributed by atoms with E-state index in [0.29, 0.717) is 42.6 Å². The average Bonchev–Trinajstić information content (AvgIpc) is 3.69. The van der Waals surface area contributed by atoms with E-state index in [0.717, 1.165) is 48.9 Å². The zero-order valence-electron chi connectivity index (χ0n) is 27.3. The minimum Gasteiger partial charge on any atom is -0.390 e. The molecule has 0 bridgehead atoms. The van der Waals surface area contributed by atoms with E-state index in [1.54, 1.807) is 23.9 Å².